The van der Waals surface area contributed by atoms with Gasteiger partial charge in [0.15, 0.2) is 17.5 Å². The maximum absolute atomic E-state index is 13.9. The number of nitrogens with zero attached hydrogens (tertiary/aromatic N) is 3. The molecule has 0 aliphatic heterocycles. The van der Waals surface area contributed by atoms with Crippen molar-refractivity contribution in [1.82, 2.24) is 4.98 Å². The lowest BCUT2D eigenvalue weighted by Gasteiger charge is -2.13. The van der Waals surface area contributed by atoms with Crippen molar-refractivity contribution in [2.24, 2.45) is 10.3 Å². The van der Waals surface area contributed by atoms with Crippen molar-refractivity contribution in [3.05, 3.63) is 77.7 Å². The normalized spacial score (nSPS) is 11.3. The minimum Gasteiger partial charge on any atom is -0.383 e. The van der Waals surface area contributed by atoms with Crippen molar-refractivity contribution in [3.8, 4) is 11.1 Å². The molecule has 3 aromatic rings. The second kappa shape index (κ2) is 7.65. The van der Waals surface area contributed by atoms with Crippen LogP contribution in [0.25, 0.3) is 11.1 Å². The summed E-state index contributed by atoms with van der Waals surface area (Å²) in [6.45, 7) is 0. The Hall–Kier alpha value is -3.75. The maximum atomic E-state index is 13.9. The van der Waals surface area contributed by atoms with E-state index >= 15 is 0 Å². The van der Waals surface area contributed by atoms with Gasteiger partial charge >= 0.3 is 0 Å². The van der Waals surface area contributed by atoms with Gasteiger partial charge in [0.1, 0.15) is 11.6 Å². The molecule has 0 spiro atoms. The molecule has 2 aromatic carbocycles. The highest BCUT2D eigenvalue weighted by Crippen LogP contribution is 2.24. The molecule has 0 atom stereocenters. The zero-order valence-corrected chi connectivity index (χ0v) is 13.7. The van der Waals surface area contributed by atoms with Gasteiger partial charge in [0.25, 0.3) is 0 Å². The monoisotopic (exact) mass is 370 g/mol. The molecule has 3 rings (SSSR count). The molecule has 9 heteroatoms. The lowest BCUT2D eigenvalue weighted by molar-refractivity contribution is 0.512. The van der Waals surface area contributed by atoms with Crippen molar-refractivity contribution in [3.63, 3.8) is 0 Å². The molecule has 0 radical (unpaired) electrons. The molecule has 0 unspecified atom stereocenters. The second-order valence-corrected chi connectivity index (χ2v) is 5.44. The average molecular weight is 370 g/mol. The summed E-state index contributed by atoms with van der Waals surface area (Å²) in [5, 5.41) is 9.12. The number of halogens is 3. The van der Waals surface area contributed by atoms with Crippen molar-refractivity contribution in [2.75, 3.05) is 11.1 Å². The van der Waals surface area contributed by atoms with E-state index in [9.17, 15) is 13.2 Å². The minimum absolute atomic E-state index is 0.0348. The predicted molar refractivity (Wildman–Crippen MR) is 95.7 cm³/mol. The summed E-state index contributed by atoms with van der Waals surface area (Å²) in [6.07, 6.45) is 1.48. The Balaban J connectivity index is 2.04. The van der Waals surface area contributed by atoms with E-state index in [1.54, 1.807) is 18.2 Å². The van der Waals surface area contributed by atoms with Crippen molar-refractivity contribution in [1.29, 1.82) is 5.53 Å². The Kier molecular flexibility index (Phi) is 5.11. The first-order valence-corrected chi connectivity index (χ1v) is 7.67. The number of rotatable bonds is 4. The third kappa shape index (κ3) is 3.92. The highest BCUT2D eigenvalue weighted by molar-refractivity contribution is 6.11. The van der Waals surface area contributed by atoms with Crippen LogP contribution in [-0.4, -0.2) is 10.8 Å². The Bertz CT molecular complexity index is 1020. The van der Waals surface area contributed by atoms with Crippen molar-refractivity contribution >= 4 is 17.3 Å². The van der Waals surface area contributed by atoms with Gasteiger partial charge in [-0.15, -0.1) is 5.10 Å². The van der Waals surface area contributed by atoms with Gasteiger partial charge in [-0.1, -0.05) is 23.4 Å². The van der Waals surface area contributed by atoms with Crippen LogP contribution in [0.1, 0.15) is 5.56 Å². The predicted octanol–water partition coefficient (Wildman–Crippen LogP) is 4.55. The third-order valence-corrected chi connectivity index (χ3v) is 3.71. The number of nitrogens with two attached hydrogens (primary N) is 1. The van der Waals surface area contributed by atoms with Gasteiger partial charge in [0, 0.05) is 11.8 Å². The summed E-state index contributed by atoms with van der Waals surface area (Å²) in [5.74, 6) is -2.61. The molecule has 0 fully saturated rings. The Morgan fingerprint density at radius 2 is 1.78 bits per heavy atom. The standard InChI is InChI=1S/C18H13F3N6/c19-12-6-4-10(5-7-12)11-8-13(17(22)24-9-11)18(26-27-23)25-15-3-1-2-14(20)16(15)21/h1-9H,(H2,22,24)(H2,23,25,26). The topological polar surface area (TPSA) is 99.5 Å². The Morgan fingerprint density at radius 1 is 1.04 bits per heavy atom. The molecule has 1 aromatic heterocycles. The highest BCUT2D eigenvalue weighted by atomic mass is 19.2. The lowest BCUT2D eigenvalue weighted by Crippen LogP contribution is -2.17. The molecule has 1 heterocycles. The van der Waals surface area contributed by atoms with Gasteiger partial charge in [-0.3, -0.25) is 0 Å². The van der Waals surface area contributed by atoms with Gasteiger partial charge < -0.3 is 11.1 Å². The molecule has 6 nitrogen and oxygen atoms in total. The van der Waals surface area contributed by atoms with Crippen LogP contribution in [-0.2, 0) is 0 Å². The Morgan fingerprint density at radius 3 is 2.48 bits per heavy atom. The number of hydrogen-bond acceptors (Lipinski definition) is 4. The van der Waals surface area contributed by atoms with E-state index in [1.165, 1.54) is 30.5 Å². The maximum Gasteiger partial charge on any atom is 0.182 e. The summed E-state index contributed by atoms with van der Waals surface area (Å²) in [7, 11) is 0. The number of nitrogens with one attached hydrogen (secondary N) is 2. The van der Waals surface area contributed by atoms with Gasteiger partial charge in [-0.05, 0) is 35.9 Å². The van der Waals surface area contributed by atoms with Crippen molar-refractivity contribution in [2.45, 2.75) is 0 Å². The van der Waals surface area contributed by atoms with E-state index in [0.29, 0.717) is 11.1 Å². The van der Waals surface area contributed by atoms with Gasteiger partial charge in [-0.2, -0.15) is 5.53 Å². The second-order valence-electron chi connectivity index (χ2n) is 5.44. The van der Waals surface area contributed by atoms with Crippen LogP contribution in [0, 0.1) is 23.0 Å². The fraction of sp³-hybridized carbons (Fsp3) is 0. The van der Waals surface area contributed by atoms with E-state index in [0.717, 1.165) is 6.07 Å². The fourth-order valence-corrected chi connectivity index (χ4v) is 2.39. The zero-order chi connectivity index (χ0) is 19.4. The first kappa shape index (κ1) is 18.1. The number of nitrogen functional groups attached to an aromatic ring is 1. The molecule has 136 valence electrons. The zero-order valence-electron chi connectivity index (χ0n) is 13.7. The number of amidine groups is 1. The Labute approximate surface area is 152 Å². The molecule has 4 N–H and O–H groups in total. The summed E-state index contributed by atoms with van der Waals surface area (Å²) < 4.78 is 40.5. The smallest absolute Gasteiger partial charge is 0.182 e. The third-order valence-electron chi connectivity index (χ3n) is 3.71. The summed E-state index contributed by atoms with van der Waals surface area (Å²) in [6, 6.07) is 10.8. The highest BCUT2D eigenvalue weighted by Gasteiger charge is 2.15. The molecule has 0 amide bonds. The van der Waals surface area contributed by atoms with Crippen LogP contribution < -0.4 is 11.1 Å². The van der Waals surface area contributed by atoms with Crippen LogP contribution in [0.4, 0.5) is 24.7 Å². The summed E-state index contributed by atoms with van der Waals surface area (Å²) in [4.78, 5) is 4.06. The van der Waals surface area contributed by atoms with E-state index in [4.69, 9.17) is 11.3 Å². The summed E-state index contributed by atoms with van der Waals surface area (Å²) >= 11 is 0. The van der Waals surface area contributed by atoms with E-state index < -0.39 is 11.6 Å². The molecule has 0 bridgehead atoms. The molecular weight excluding hydrogens is 357 g/mol. The van der Waals surface area contributed by atoms with E-state index in [1.807, 2.05) is 0 Å². The fourth-order valence-electron chi connectivity index (χ4n) is 2.39. The number of anilines is 2. The molecule has 0 saturated heterocycles. The quantitative estimate of drug-likeness (QED) is 0.272. The molecular formula is C18H13F3N6. The van der Waals surface area contributed by atoms with Crippen LogP contribution in [0.2, 0.25) is 0 Å². The number of pyridine rings is 1. The van der Waals surface area contributed by atoms with Crippen LogP contribution >= 0.6 is 0 Å². The average Bonchev–Trinajstić information content (AvgIpc) is 2.66. The lowest BCUT2D eigenvalue weighted by atomic mass is 10.0. The van der Waals surface area contributed by atoms with Crippen LogP contribution in [0.5, 0.6) is 0 Å². The SMILES string of the molecule is N=N/N=C(\Nc1cccc(F)c1F)c1cc(-c2ccc(F)cc2)cnc1N. The van der Waals surface area contributed by atoms with Crippen LogP contribution in [0.3, 0.4) is 0 Å². The number of hydrogen-bond donors (Lipinski definition) is 3. The van der Waals surface area contributed by atoms with Gasteiger partial charge in [0.2, 0.25) is 0 Å². The molecule has 0 saturated carbocycles. The van der Waals surface area contributed by atoms with Gasteiger partial charge in [-0.25, -0.2) is 18.2 Å². The van der Waals surface area contributed by atoms with E-state index in [2.05, 4.69) is 20.6 Å². The molecule has 0 aliphatic carbocycles. The molecule has 27 heavy (non-hydrogen) atoms. The van der Waals surface area contributed by atoms with Crippen LogP contribution in [0.15, 0.2) is 65.1 Å². The minimum atomic E-state index is -1.11. The first-order chi connectivity index (χ1) is 13.0. The van der Waals surface area contributed by atoms with Gasteiger partial charge in [0.05, 0.1) is 11.3 Å². The molecule has 0 aliphatic rings. The largest absolute Gasteiger partial charge is 0.383 e. The number of aromatic nitrogens is 1. The van der Waals surface area contributed by atoms with Crippen molar-refractivity contribution < 1.29 is 13.2 Å². The first-order valence-electron chi connectivity index (χ1n) is 7.67. The van der Waals surface area contributed by atoms with E-state index in [-0.39, 0.29) is 28.7 Å². The number of benzene rings is 2. The summed E-state index contributed by atoms with van der Waals surface area (Å²) in [5.41, 5.74) is 14.1.